The van der Waals surface area contributed by atoms with Gasteiger partial charge in [-0.25, -0.2) is 4.79 Å². The lowest BCUT2D eigenvalue weighted by Crippen LogP contribution is -2.48. The molecule has 4 rings (SSSR count). The van der Waals surface area contributed by atoms with E-state index in [1.807, 2.05) is 34.9 Å². The number of rotatable bonds is 3. The van der Waals surface area contributed by atoms with E-state index in [1.165, 1.54) is 6.42 Å². The first-order valence-electron chi connectivity index (χ1n) is 9.87. The Kier molecular flexibility index (Phi) is 5.31. The highest BCUT2D eigenvalue weighted by molar-refractivity contribution is 6.36. The number of nitrogens with one attached hydrogen (secondary N) is 1. The van der Waals surface area contributed by atoms with Crippen LogP contribution in [0.5, 0.6) is 0 Å². The fraction of sp³-hybridized carbons (Fsp3) is 0.429. The first kappa shape index (κ1) is 18.9. The lowest BCUT2D eigenvalue weighted by atomic mass is 9.96. The zero-order valence-corrected chi connectivity index (χ0v) is 16.5. The maximum Gasteiger partial charge on any atom is 0.318 e. The van der Waals surface area contributed by atoms with Crippen LogP contribution in [0.25, 0.3) is 11.3 Å². The third kappa shape index (κ3) is 3.49. The van der Waals surface area contributed by atoms with E-state index in [0.29, 0.717) is 35.9 Å². The van der Waals surface area contributed by atoms with Gasteiger partial charge in [0.1, 0.15) is 0 Å². The minimum absolute atomic E-state index is 0.0767. The van der Waals surface area contributed by atoms with Crippen LogP contribution in [0.3, 0.4) is 0 Å². The molecule has 3 N–H and O–H groups in total. The van der Waals surface area contributed by atoms with Crippen LogP contribution in [-0.2, 0) is 13.1 Å². The summed E-state index contributed by atoms with van der Waals surface area (Å²) in [6, 6.07) is 9.89. The second kappa shape index (κ2) is 7.87. The van der Waals surface area contributed by atoms with Crippen molar-refractivity contribution >= 4 is 23.5 Å². The predicted octanol–water partition coefficient (Wildman–Crippen LogP) is 3.77. The Hall–Kier alpha value is -2.47. The molecule has 1 fully saturated rings. The number of nitrogens with zero attached hydrogens (tertiary/aromatic N) is 2. The molecule has 2 heterocycles. The van der Waals surface area contributed by atoms with Crippen LogP contribution in [-0.4, -0.2) is 34.0 Å². The Bertz CT molecular complexity index is 888. The third-order valence-electron chi connectivity index (χ3n) is 5.76. The molecule has 0 atom stereocenters. The number of amides is 3. The summed E-state index contributed by atoms with van der Waals surface area (Å²) in [6.45, 7) is 1.46. The molecular weight excluding hydrogens is 376 g/mol. The topological polar surface area (TPSA) is 80.4 Å². The number of fused-ring (bicyclic) bond motifs is 1. The van der Waals surface area contributed by atoms with Crippen LogP contribution in [0.15, 0.2) is 30.3 Å². The highest BCUT2D eigenvalue weighted by Gasteiger charge is 2.32. The number of carbonyl (C=O) groups is 2. The van der Waals surface area contributed by atoms with Gasteiger partial charge in [0.05, 0.1) is 28.5 Å². The zero-order valence-electron chi connectivity index (χ0n) is 15.8. The molecule has 2 aliphatic rings. The van der Waals surface area contributed by atoms with Crippen LogP contribution in [0.4, 0.5) is 4.79 Å². The normalized spacial score (nSPS) is 17.2. The van der Waals surface area contributed by atoms with Crippen molar-refractivity contribution in [3.05, 3.63) is 46.6 Å². The number of nitrogens with two attached hydrogens (primary N) is 1. The summed E-state index contributed by atoms with van der Waals surface area (Å²) >= 11 is 6.59. The van der Waals surface area contributed by atoms with Gasteiger partial charge < -0.3 is 20.5 Å². The molecule has 1 aliphatic heterocycles. The van der Waals surface area contributed by atoms with Gasteiger partial charge in [-0.1, -0.05) is 61.2 Å². The monoisotopic (exact) mass is 400 g/mol. The molecule has 0 spiro atoms. The fourth-order valence-electron chi connectivity index (χ4n) is 4.34. The Morgan fingerprint density at radius 1 is 1.07 bits per heavy atom. The van der Waals surface area contributed by atoms with Crippen molar-refractivity contribution in [1.29, 1.82) is 0 Å². The summed E-state index contributed by atoms with van der Waals surface area (Å²) in [6.07, 6.45) is 5.64. The van der Waals surface area contributed by atoms with E-state index >= 15 is 0 Å². The van der Waals surface area contributed by atoms with Gasteiger partial charge in [0.2, 0.25) is 0 Å². The van der Waals surface area contributed by atoms with Gasteiger partial charge in [0.25, 0.3) is 5.91 Å². The molecule has 1 aliphatic carbocycles. The van der Waals surface area contributed by atoms with Crippen molar-refractivity contribution in [2.24, 2.45) is 5.73 Å². The van der Waals surface area contributed by atoms with Crippen LogP contribution >= 0.6 is 11.6 Å². The molecule has 0 bridgehead atoms. The molecular formula is C21H25ClN4O2. The SMILES string of the molecule is NC(=O)c1c(Cl)c(-c2ccccc2)n2c1CN(C(=O)NC1CCCCC1)CC2. The lowest BCUT2D eigenvalue weighted by molar-refractivity contribution is 0.0996. The minimum Gasteiger partial charge on any atom is -0.365 e. The maximum atomic E-state index is 12.8. The number of aromatic nitrogens is 1. The molecule has 6 nitrogen and oxygen atoms in total. The van der Waals surface area contributed by atoms with Crippen molar-refractivity contribution < 1.29 is 9.59 Å². The smallest absolute Gasteiger partial charge is 0.318 e. The van der Waals surface area contributed by atoms with Crippen molar-refractivity contribution in [3.63, 3.8) is 0 Å². The number of carbonyl (C=O) groups excluding carboxylic acids is 2. The Labute approximate surface area is 169 Å². The van der Waals surface area contributed by atoms with Crippen molar-refractivity contribution in [2.45, 2.75) is 51.2 Å². The molecule has 7 heteroatoms. The standard InChI is InChI=1S/C21H25ClN4O2/c22-18-17(20(23)27)16-13-25(21(28)24-15-9-5-2-6-10-15)11-12-26(16)19(18)14-7-3-1-4-8-14/h1,3-4,7-8,15H,2,5-6,9-13H2,(H2,23,27)(H,24,28). The van der Waals surface area contributed by atoms with Crippen LogP contribution in [0, 0.1) is 0 Å². The highest BCUT2D eigenvalue weighted by Crippen LogP contribution is 2.37. The average Bonchev–Trinajstić information content (AvgIpc) is 3.00. The molecule has 148 valence electrons. The van der Waals surface area contributed by atoms with Gasteiger partial charge in [-0.3, -0.25) is 4.79 Å². The summed E-state index contributed by atoms with van der Waals surface area (Å²) in [5.41, 5.74) is 8.39. The van der Waals surface area contributed by atoms with Crippen molar-refractivity contribution in [3.8, 4) is 11.3 Å². The van der Waals surface area contributed by atoms with E-state index in [2.05, 4.69) is 5.32 Å². The molecule has 1 aromatic heterocycles. The van der Waals surface area contributed by atoms with Gasteiger partial charge >= 0.3 is 6.03 Å². The lowest BCUT2D eigenvalue weighted by Gasteiger charge is -2.32. The van der Waals surface area contributed by atoms with E-state index in [4.69, 9.17) is 17.3 Å². The molecule has 0 saturated heterocycles. The summed E-state index contributed by atoms with van der Waals surface area (Å²) in [7, 11) is 0. The summed E-state index contributed by atoms with van der Waals surface area (Å²) in [5.74, 6) is -0.564. The molecule has 1 saturated carbocycles. The van der Waals surface area contributed by atoms with E-state index in [-0.39, 0.29) is 12.1 Å². The Morgan fingerprint density at radius 3 is 2.46 bits per heavy atom. The Balaban J connectivity index is 1.62. The summed E-state index contributed by atoms with van der Waals surface area (Å²) in [4.78, 5) is 26.7. The van der Waals surface area contributed by atoms with Crippen LogP contribution in [0.1, 0.15) is 48.2 Å². The molecule has 3 amide bonds. The van der Waals surface area contributed by atoms with E-state index < -0.39 is 5.91 Å². The molecule has 2 aromatic rings. The van der Waals surface area contributed by atoms with E-state index in [1.54, 1.807) is 4.90 Å². The number of urea groups is 1. The van der Waals surface area contributed by atoms with Gasteiger partial charge in [-0.15, -0.1) is 0 Å². The quantitative estimate of drug-likeness (QED) is 0.822. The first-order valence-corrected chi connectivity index (χ1v) is 10.3. The maximum absolute atomic E-state index is 12.8. The molecule has 1 aromatic carbocycles. The third-order valence-corrected chi connectivity index (χ3v) is 6.13. The highest BCUT2D eigenvalue weighted by atomic mass is 35.5. The zero-order chi connectivity index (χ0) is 19.7. The van der Waals surface area contributed by atoms with E-state index in [0.717, 1.165) is 36.9 Å². The van der Waals surface area contributed by atoms with Crippen molar-refractivity contribution in [2.75, 3.05) is 6.54 Å². The van der Waals surface area contributed by atoms with Gasteiger partial charge in [0.15, 0.2) is 0 Å². The average molecular weight is 401 g/mol. The molecule has 0 unspecified atom stereocenters. The second-order valence-corrected chi connectivity index (χ2v) is 7.95. The molecule has 28 heavy (non-hydrogen) atoms. The number of hydrogen-bond acceptors (Lipinski definition) is 2. The van der Waals surface area contributed by atoms with Crippen LogP contribution < -0.4 is 11.1 Å². The number of benzene rings is 1. The summed E-state index contributed by atoms with van der Waals surface area (Å²) < 4.78 is 2.03. The van der Waals surface area contributed by atoms with Gasteiger partial charge in [0, 0.05) is 19.1 Å². The number of primary amides is 1. The number of halogens is 1. The van der Waals surface area contributed by atoms with Crippen LogP contribution in [0.2, 0.25) is 5.02 Å². The Morgan fingerprint density at radius 2 is 1.79 bits per heavy atom. The van der Waals surface area contributed by atoms with Gasteiger partial charge in [-0.05, 0) is 18.4 Å². The largest absolute Gasteiger partial charge is 0.365 e. The van der Waals surface area contributed by atoms with Crippen molar-refractivity contribution in [1.82, 2.24) is 14.8 Å². The second-order valence-electron chi connectivity index (χ2n) is 7.57. The summed E-state index contributed by atoms with van der Waals surface area (Å²) in [5, 5.41) is 3.51. The predicted molar refractivity (Wildman–Crippen MR) is 109 cm³/mol. The minimum atomic E-state index is -0.564. The fourth-order valence-corrected chi connectivity index (χ4v) is 4.75. The van der Waals surface area contributed by atoms with E-state index in [9.17, 15) is 9.59 Å². The van der Waals surface area contributed by atoms with Gasteiger partial charge in [-0.2, -0.15) is 0 Å². The molecule has 0 radical (unpaired) electrons. The first-order chi connectivity index (χ1) is 13.6. The number of hydrogen-bond donors (Lipinski definition) is 2.